The molecule has 0 unspecified atom stereocenters. The molecule has 3 rings (SSSR count). The van der Waals surface area contributed by atoms with Gasteiger partial charge in [-0.1, -0.05) is 44.4 Å². The summed E-state index contributed by atoms with van der Waals surface area (Å²) >= 11 is 1.32. The highest BCUT2D eigenvalue weighted by Gasteiger charge is 2.55. The lowest BCUT2D eigenvalue weighted by Crippen LogP contribution is -2.49. The Morgan fingerprint density at radius 3 is 2.58 bits per heavy atom. The van der Waals surface area contributed by atoms with E-state index in [1.54, 1.807) is 7.05 Å². The number of carbonyl (C=O) groups is 3. The van der Waals surface area contributed by atoms with Crippen LogP contribution in [0.25, 0.3) is 0 Å². The van der Waals surface area contributed by atoms with Gasteiger partial charge in [0.25, 0.3) is 5.91 Å². The van der Waals surface area contributed by atoms with Crippen molar-refractivity contribution in [2.24, 2.45) is 5.92 Å². The lowest BCUT2D eigenvalue weighted by atomic mass is 9.81. The molecule has 0 bridgehead atoms. The smallest absolute Gasteiger partial charge is 0.313 e. The number of likely N-dealkylation sites (N-methyl/N-ethyl adjacent to an activating group) is 1. The second-order valence-electron chi connectivity index (χ2n) is 7.47. The molecule has 0 aromatic carbocycles. The van der Waals surface area contributed by atoms with E-state index in [2.05, 4.69) is 29.4 Å². The topological polar surface area (TPSA) is 95.5 Å². The van der Waals surface area contributed by atoms with Crippen LogP contribution in [0.15, 0.2) is 0 Å². The van der Waals surface area contributed by atoms with Gasteiger partial charge >= 0.3 is 6.03 Å². The van der Waals surface area contributed by atoms with Gasteiger partial charge in [-0.15, -0.1) is 10.2 Å². The van der Waals surface area contributed by atoms with Gasteiger partial charge in [-0.05, 0) is 18.8 Å². The number of nitrogens with zero attached hydrogens (tertiary/aromatic N) is 4. The van der Waals surface area contributed by atoms with Crippen molar-refractivity contribution in [1.29, 1.82) is 0 Å². The first kappa shape index (κ1) is 18.8. The predicted molar refractivity (Wildman–Crippen MR) is 97.8 cm³/mol. The number of rotatable bonds is 5. The number of aromatic nitrogens is 2. The van der Waals surface area contributed by atoms with Crippen LogP contribution in [0.4, 0.5) is 9.93 Å². The molecule has 1 aliphatic heterocycles. The minimum absolute atomic E-state index is 0.252. The molecule has 0 atom stereocenters. The Balaban J connectivity index is 1.64. The third-order valence-electron chi connectivity index (χ3n) is 5.08. The molecule has 1 spiro atoms. The molecule has 2 aliphatic rings. The first-order chi connectivity index (χ1) is 12.3. The maximum absolute atomic E-state index is 12.9. The maximum atomic E-state index is 12.9. The molecular formula is C17H25N5O3S. The Kier molecular flexibility index (Phi) is 5.27. The molecule has 1 saturated carbocycles. The zero-order valence-corrected chi connectivity index (χ0v) is 16.3. The number of carbonyl (C=O) groups excluding carboxylic acids is 3. The molecule has 142 valence electrons. The monoisotopic (exact) mass is 379 g/mol. The van der Waals surface area contributed by atoms with Crippen molar-refractivity contribution in [1.82, 2.24) is 20.0 Å². The molecule has 4 amide bonds. The van der Waals surface area contributed by atoms with E-state index >= 15 is 0 Å². The average molecular weight is 379 g/mol. The van der Waals surface area contributed by atoms with E-state index in [1.807, 2.05) is 0 Å². The van der Waals surface area contributed by atoms with E-state index < -0.39 is 17.5 Å². The molecule has 2 fully saturated rings. The molecule has 8 nitrogen and oxygen atoms in total. The Morgan fingerprint density at radius 1 is 1.23 bits per heavy atom. The van der Waals surface area contributed by atoms with Crippen LogP contribution in [0.2, 0.25) is 0 Å². The number of hydrogen-bond donors (Lipinski definition) is 1. The highest BCUT2D eigenvalue weighted by molar-refractivity contribution is 7.15. The molecule has 1 aliphatic carbocycles. The zero-order chi connectivity index (χ0) is 18.9. The minimum atomic E-state index is -0.761. The summed E-state index contributed by atoms with van der Waals surface area (Å²) in [5.41, 5.74) is -0.761. The third kappa shape index (κ3) is 3.44. The molecule has 2 heterocycles. The van der Waals surface area contributed by atoms with Crippen molar-refractivity contribution in [2.45, 2.75) is 57.9 Å². The Morgan fingerprint density at radius 2 is 1.92 bits per heavy atom. The number of imide groups is 1. The van der Waals surface area contributed by atoms with Crippen molar-refractivity contribution in [3.63, 3.8) is 0 Å². The summed E-state index contributed by atoms with van der Waals surface area (Å²) in [5, 5.41) is 11.9. The number of nitrogens with one attached hydrogen (secondary N) is 1. The summed E-state index contributed by atoms with van der Waals surface area (Å²) in [5.74, 6) is -0.230. The van der Waals surface area contributed by atoms with Crippen molar-refractivity contribution >= 4 is 34.3 Å². The van der Waals surface area contributed by atoms with E-state index in [1.165, 1.54) is 16.2 Å². The van der Waals surface area contributed by atoms with Gasteiger partial charge in [0, 0.05) is 13.5 Å². The number of anilines is 1. The van der Waals surface area contributed by atoms with Gasteiger partial charge in [0.2, 0.25) is 11.0 Å². The maximum Gasteiger partial charge on any atom is 0.327 e. The fourth-order valence-corrected chi connectivity index (χ4v) is 4.68. The summed E-state index contributed by atoms with van der Waals surface area (Å²) in [4.78, 5) is 40.3. The Hall–Kier alpha value is -2.03. The van der Waals surface area contributed by atoms with Crippen molar-refractivity contribution in [3.8, 4) is 0 Å². The number of amides is 4. The molecule has 26 heavy (non-hydrogen) atoms. The fourth-order valence-electron chi connectivity index (χ4n) is 3.71. The summed E-state index contributed by atoms with van der Waals surface area (Å²) < 4.78 is 0. The lowest BCUT2D eigenvalue weighted by Gasteiger charge is -2.35. The van der Waals surface area contributed by atoms with Crippen LogP contribution in [-0.4, -0.2) is 57.0 Å². The molecule has 0 radical (unpaired) electrons. The van der Waals surface area contributed by atoms with Crippen LogP contribution in [0.5, 0.6) is 0 Å². The second kappa shape index (κ2) is 7.30. The van der Waals surface area contributed by atoms with Crippen LogP contribution in [-0.2, 0) is 16.0 Å². The van der Waals surface area contributed by atoms with Crippen molar-refractivity contribution in [3.05, 3.63) is 5.01 Å². The highest BCUT2D eigenvalue weighted by Crippen LogP contribution is 2.39. The first-order valence-corrected chi connectivity index (χ1v) is 9.87. The van der Waals surface area contributed by atoms with Gasteiger partial charge in [0.1, 0.15) is 17.1 Å². The van der Waals surface area contributed by atoms with Gasteiger partial charge in [0.05, 0.1) is 0 Å². The first-order valence-electron chi connectivity index (χ1n) is 9.05. The van der Waals surface area contributed by atoms with Crippen LogP contribution < -0.4 is 5.32 Å². The van der Waals surface area contributed by atoms with E-state index in [4.69, 9.17) is 0 Å². The van der Waals surface area contributed by atoms with E-state index in [0.717, 1.165) is 35.6 Å². The molecule has 1 saturated heterocycles. The van der Waals surface area contributed by atoms with Crippen LogP contribution in [0.1, 0.15) is 51.0 Å². The number of urea groups is 1. The Labute approximate surface area is 156 Å². The molecular weight excluding hydrogens is 354 g/mol. The third-order valence-corrected chi connectivity index (χ3v) is 5.94. The summed E-state index contributed by atoms with van der Waals surface area (Å²) in [6.45, 7) is 3.88. The van der Waals surface area contributed by atoms with Gasteiger partial charge in [-0.3, -0.25) is 19.8 Å². The van der Waals surface area contributed by atoms with Crippen LogP contribution >= 0.6 is 11.3 Å². The van der Waals surface area contributed by atoms with Gasteiger partial charge in [0.15, 0.2) is 0 Å². The lowest BCUT2D eigenvalue weighted by molar-refractivity contribution is -0.136. The quantitative estimate of drug-likeness (QED) is 0.792. The average Bonchev–Trinajstić information content (AvgIpc) is 3.09. The molecule has 1 N–H and O–H groups in total. The zero-order valence-electron chi connectivity index (χ0n) is 15.4. The number of hydrogen-bond acceptors (Lipinski definition) is 6. The molecule has 1 aromatic heterocycles. The summed E-state index contributed by atoms with van der Waals surface area (Å²) in [6, 6.07) is -0.398. The predicted octanol–water partition coefficient (Wildman–Crippen LogP) is 2.27. The summed E-state index contributed by atoms with van der Waals surface area (Å²) in [7, 11) is 1.66. The second-order valence-corrected chi connectivity index (χ2v) is 8.53. The van der Waals surface area contributed by atoms with Crippen molar-refractivity contribution < 1.29 is 14.4 Å². The van der Waals surface area contributed by atoms with E-state index in [0.29, 0.717) is 23.9 Å². The van der Waals surface area contributed by atoms with Gasteiger partial charge in [-0.25, -0.2) is 4.79 Å². The minimum Gasteiger partial charge on any atom is -0.313 e. The fraction of sp³-hybridized carbons (Fsp3) is 0.706. The van der Waals surface area contributed by atoms with Crippen molar-refractivity contribution in [2.75, 3.05) is 18.9 Å². The summed E-state index contributed by atoms with van der Waals surface area (Å²) in [6.07, 6.45) is 5.05. The van der Waals surface area contributed by atoms with E-state index in [-0.39, 0.29) is 12.5 Å². The van der Waals surface area contributed by atoms with Crippen LogP contribution in [0, 0.1) is 5.92 Å². The Bertz CT molecular complexity index is 711. The molecule has 1 aromatic rings. The standard InChI is InChI=1S/C17H25N5O3S/c1-11(2)9-13-19-20-15(26-13)18-12(23)10-22-14(24)17(21(3)16(22)25)7-5-4-6-8-17/h11H,4-10H2,1-3H3,(H,18,20,23). The van der Waals surface area contributed by atoms with E-state index in [9.17, 15) is 14.4 Å². The molecule has 9 heteroatoms. The largest absolute Gasteiger partial charge is 0.327 e. The van der Waals surface area contributed by atoms with Gasteiger partial charge in [-0.2, -0.15) is 0 Å². The highest BCUT2D eigenvalue weighted by atomic mass is 32.1. The van der Waals surface area contributed by atoms with Crippen LogP contribution in [0.3, 0.4) is 0 Å². The SMILES string of the molecule is CC(C)Cc1nnc(NC(=O)CN2C(=O)N(C)C3(CCCCC3)C2=O)s1. The van der Waals surface area contributed by atoms with Gasteiger partial charge < -0.3 is 4.90 Å². The normalized spacial score (nSPS) is 19.7.